The lowest BCUT2D eigenvalue weighted by Crippen LogP contribution is -1.99. The summed E-state index contributed by atoms with van der Waals surface area (Å²) in [6.45, 7) is 3.99. The highest BCUT2D eigenvalue weighted by molar-refractivity contribution is 6.30. The minimum atomic E-state index is -0.497. The first-order valence-electron chi connectivity index (χ1n) is 5.65. The Hall–Kier alpha value is -1.05. The number of halogens is 3. The lowest BCUT2D eigenvalue weighted by atomic mass is 9.98. The topological polar surface area (TPSA) is 0 Å². The summed E-state index contributed by atoms with van der Waals surface area (Å²) in [5.74, 6) is -0.373. The van der Waals surface area contributed by atoms with Crippen molar-refractivity contribution in [3.63, 3.8) is 0 Å². The summed E-state index contributed by atoms with van der Waals surface area (Å²) in [6.07, 6.45) is 0. The summed E-state index contributed by atoms with van der Waals surface area (Å²) < 4.78 is 13.8. The Kier molecular flexibility index (Phi) is 3.94. The molecular weight excluding hydrogens is 270 g/mol. The third kappa shape index (κ3) is 2.68. The van der Waals surface area contributed by atoms with Gasteiger partial charge in [0.05, 0.1) is 5.38 Å². The molecule has 0 radical (unpaired) electrons. The van der Waals surface area contributed by atoms with Gasteiger partial charge >= 0.3 is 0 Å². The molecule has 1 atom stereocenters. The molecule has 0 N–H and O–H groups in total. The van der Waals surface area contributed by atoms with Crippen LogP contribution in [0.25, 0.3) is 0 Å². The van der Waals surface area contributed by atoms with Gasteiger partial charge in [0.25, 0.3) is 0 Å². The Morgan fingerprint density at radius 1 is 1.00 bits per heavy atom. The molecular formula is C15H13Cl2F. The number of hydrogen-bond donors (Lipinski definition) is 0. The Labute approximate surface area is 116 Å². The van der Waals surface area contributed by atoms with Gasteiger partial charge in [-0.05, 0) is 37.1 Å². The highest BCUT2D eigenvalue weighted by atomic mass is 35.5. The second-order valence-electron chi connectivity index (χ2n) is 4.39. The van der Waals surface area contributed by atoms with E-state index >= 15 is 0 Å². The molecule has 0 bridgehead atoms. The van der Waals surface area contributed by atoms with Crippen LogP contribution in [-0.2, 0) is 0 Å². The second kappa shape index (κ2) is 5.29. The van der Waals surface area contributed by atoms with Crippen molar-refractivity contribution in [2.45, 2.75) is 19.2 Å². The van der Waals surface area contributed by atoms with Crippen LogP contribution < -0.4 is 0 Å². The van der Waals surface area contributed by atoms with Crippen molar-refractivity contribution in [3.8, 4) is 0 Å². The second-order valence-corrected chi connectivity index (χ2v) is 5.26. The molecule has 0 fully saturated rings. The molecule has 0 nitrogen and oxygen atoms in total. The molecule has 0 aromatic heterocycles. The van der Waals surface area contributed by atoms with Crippen LogP contribution in [0.2, 0.25) is 5.02 Å². The molecule has 0 spiro atoms. The van der Waals surface area contributed by atoms with Gasteiger partial charge in [0.1, 0.15) is 5.82 Å². The monoisotopic (exact) mass is 282 g/mol. The third-order valence-electron chi connectivity index (χ3n) is 2.93. The Morgan fingerprint density at radius 2 is 1.67 bits per heavy atom. The highest BCUT2D eigenvalue weighted by Gasteiger charge is 2.17. The van der Waals surface area contributed by atoms with E-state index in [1.807, 2.05) is 32.0 Å². The van der Waals surface area contributed by atoms with Gasteiger partial charge in [-0.25, -0.2) is 4.39 Å². The van der Waals surface area contributed by atoms with Gasteiger partial charge in [0, 0.05) is 10.6 Å². The van der Waals surface area contributed by atoms with E-state index in [9.17, 15) is 4.39 Å². The van der Waals surface area contributed by atoms with Crippen LogP contribution in [0.15, 0.2) is 36.4 Å². The van der Waals surface area contributed by atoms with E-state index in [4.69, 9.17) is 23.2 Å². The van der Waals surface area contributed by atoms with Crippen LogP contribution in [-0.4, -0.2) is 0 Å². The van der Waals surface area contributed by atoms with Gasteiger partial charge in [0.15, 0.2) is 0 Å². The zero-order valence-corrected chi connectivity index (χ0v) is 11.7. The molecule has 2 aromatic rings. The first-order valence-corrected chi connectivity index (χ1v) is 6.46. The summed E-state index contributed by atoms with van der Waals surface area (Å²) >= 11 is 12.1. The number of benzene rings is 2. The molecule has 2 aromatic carbocycles. The van der Waals surface area contributed by atoms with Crippen LogP contribution in [0, 0.1) is 19.7 Å². The maximum Gasteiger partial charge on any atom is 0.129 e. The normalized spacial score (nSPS) is 12.5. The van der Waals surface area contributed by atoms with Crippen LogP contribution in [0.4, 0.5) is 4.39 Å². The Bertz CT molecular complexity index is 527. The molecule has 3 heteroatoms. The maximum absolute atomic E-state index is 13.8. The molecule has 0 saturated heterocycles. The first-order chi connectivity index (χ1) is 8.49. The van der Waals surface area contributed by atoms with Crippen molar-refractivity contribution in [2.75, 3.05) is 0 Å². The molecule has 0 aliphatic carbocycles. The summed E-state index contributed by atoms with van der Waals surface area (Å²) in [5.41, 5.74) is 3.59. The Balaban J connectivity index is 2.44. The van der Waals surface area contributed by atoms with E-state index in [2.05, 4.69) is 0 Å². The van der Waals surface area contributed by atoms with Crippen LogP contribution in [0.5, 0.6) is 0 Å². The van der Waals surface area contributed by atoms with Crippen LogP contribution in [0.3, 0.4) is 0 Å². The average molecular weight is 283 g/mol. The molecule has 18 heavy (non-hydrogen) atoms. The van der Waals surface area contributed by atoms with Gasteiger partial charge in [-0.15, -0.1) is 11.6 Å². The number of alkyl halides is 1. The molecule has 1 unspecified atom stereocenters. The predicted octanol–water partition coefficient (Wildman–Crippen LogP) is 5.42. The standard InChI is InChI=1S/C15H13Cl2F/c1-9-3-5-12(10(2)7-9)15(17)13-6-4-11(16)8-14(13)18/h3-8,15H,1-2H3. The van der Waals surface area contributed by atoms with Gasteiger partial charge < -0.3 is 0 Å². The minimum absolute atomic E-state index is 0.373. The quantitative estimate of drug-likeness (QED) is 0.645. The molecule has 0 aliphatic rings. The Morgan fingerprint density at radius 3 is 2.28 bits per heavy atom. The lowest BCUT2D eigenvalue weighted by Gasteiger charge is -2.14. The van der Waals surface area contributed by atoms with Gasteiger partial charge in [-0.1, -0.05) is 41.4 Å². The van der Waals surface area contributed by atoms with Gasteiger partial charge in [-0.2, -0.15) is 0 Å². The van der Waals surface area contributed by atoms with E-state index < -0.39 is 5.38 Å². The number of rotatable bonds is 2. The third-order valence-corrected chi connectivity index (χ3v) is 3.64. The molecule has 0 heterocycles. The van der Waals surface area contributed by atoms with Crippen molar-refractivity contribution in [3.05, 3.63) is 69.5 Å². The average Bonchev–Trinajstić information content (AvgIpc) is 2.28. The molecule has 0 saturated carbocycles. The van der Waals surface area contributed by atoms with E-state index in [0.29, 0.717) is 10.6 Å². The SMILES string of the molecule is Cc1ccc(C(Cl)c2ccc(Cl)cc2F)c(C)c1. The van der Waals surface area contributed by atoms with E-state index in [-0.39, 0.29) is 5.82 Å². The fourth-order valence-electron chi connectivity index (χ4n) is 1.98. The highest BCUT2D eigenvalue weighted by Crippen LogP contribution is 2.33. The van der Waals surface area contributed by atoms with Gasteiger partial charge in [-0.3, -0.25) is 0 Å². The van der Waals surface area contributed by atoms with E-state index in [1.54, 1.807) is 12.1 Å². The summed E-state index contributed by atoms with van der Waals surface area (Å²) in [5, 5.41) is -0.122. The van der Waals surface area contributed by atoms with Crippen LogP contribution in [0.1, 0.15) is 27.6 Å². The van der Waals surface area contributed by atoms with Crippen molar-refractivity contribution < 1.29 is 4.39 Å². The van der Waals surface area contributed by atoms with Crippen molar-refractivity contribution >= 4 is 23.2 Å². The summed E-state index contributed by atoms with van der Waals surface area (Å²) in [7, 11) is 0. The van der Waals surface area contributed by atoms with Crippen molar-refractivity contribution in [1.82, 2.24) is 0 Å². The predicted molar refractivity (Wildman–Crippen MR) is 75.0 cm³/mol. The first kappa shape index (κ1) is 13.4. The fourth-order valence-corrected chi connectivity index (χ4v) is 2.57. The molecule has 0 aliphatic heterocycles. The lowest BCUT2D eigenvalue weighted by molar-refractivity contribution is 0.612. The summed E-state index contributed by atoms with van der Waals surface area (Å²) in [4.78, 5) is 0. The number of aryl methyl sites for hydroxylation is 2. The maximum atomic E-state index is 13.8. The zero-order valence-electron chi connectivity index (χ0n) is 10.2. The molecule has 94 valence electrons. The van der Waals surface area contributed by atoms with Crippen LogP contribution >= 0.6 is 23.2 Å². The number of hydrogen-bond acceptors (Lipinski definition) is 0. The molecule has 0 amide bonds. The fraction of sp³-hybridized carbons (Fsp3) is 0.200. The van der Waals surface area contributed by atoms with Crippen molar-refractivity contribution in [1.29, 1.82) is 0 Å². The van der Waals surface area contributed by atoms with Gasteiger partial charge in [0.2, 0.25) is 0 Å². The van der Waals surface area contributed by atoms with E-state index in [0.717, 1.165) is 16.7 Å². The van der Waals surface area contributed by atoms with E-state index in [1.165, 1.54) is 6.07 Å². The minimum Gasteiger partial charge on any atom is -0.207 e. The summed E-state index contributed by atoms with van der Waals surface area (Å²) in [6, 6.07) is 10.5. The zero-order chi connectivity index (χ0) is 13.3. The van der Waals surface area contributed by atoms with Crippen molar-refractivity contribution in [2.24, 2.45) is 0 Å². The largest absolute Gasteiger partial charge is 0.207 e. The molecule has 2 rings (SSSR count). The smallest absolute Gasteiger partial charge is 0.129 e.